The van der Waals surface area contributed by atoms with Gasteiger partial charge in [-0.1, -0.05) is 18.6 Å². The van der Waals surface area contributed by atoms with E-state index >= 15 is 0 Å². The van der Waals surface area contributed by atoms with Gasteiger partial charge in [-0.25, -0.2) is 4.39 Å². The third-order valence-corrected chi connectivity index (χ3v) is 3.19. The van der Waals surface area contributed by atoms with E-state index in [1.807, 2.05) is 6.07 Å². The second-order valence-corrected chi connectivity index (χ2v) is 4.75. The van der Waals surface area contributed by atoms with Crippen molar-refractivity contribution in [3.8, 4) is 0 Å². The highest BCUT2D eigenvalue weighted by atomic mass is 19.1. The zero-order chi connectivity index (χ0) is 10.7. The average Bonchev–Trinajstić information content (AvgIpc) is 2.18. The second kappa shape index (κ2) is 4.31. The van der Waals surface area contributed by atoms with E-state index in [4.69, 9.17) is 0 Å². The maximum Gasteiger partial charge on any atom is 0.123 e. The van der Waals surface area contributed by atoms with Crippen LogP contribution in [0.5, 0.6) is 0 Å². The molecular formula is C13H18FN. The number of hydrogen-bond donors (Lipinski definition) is 1. The number of nitrogens with one attached hydrogen (secondary N) is 1. The normalized spacial score (nSPS) is 26.5. The highest BCUT2D eigenvalue weighted by Crippen LogP contribution is 2.23. The van der Waals surface area contributed by atoms with Crippen LogP contribution in [0.15, 0.2) is 24.3 Å². The molecule has 1 atom stereocenters. The zero-order valence-corrected chi connectivity index (χ0v) is 9.22. The van der Waals surface area contributed by atoms with Crippen LogP contribution in [0.1, 0.15) is 31.7 Å². The van der Waals surface area contributed by atoms with Crippen molar-refractivity contribution in [2.24, 2.45) is 0 Å². The summed E-state index contributed by atoms with van der Waals surface area (Å²) in [5.74, 6) is -0.132. The summed E-state index contributed by atoms with van der Waals surface area (Å²) in [5.41, 5.74) is 1.25. The molecule has 1 aliphatic rings. The molecule has 1 heterocycles. The van der Waals surface area contributed by atoms with Gasteiger partial charge < -0.3 is 5.32 Å². The Morgan fingerprint density at radius 3 is 2.93 bits per heavy atom. The number of piperidine rings is 1. The third kappa shape index (κ3) is 2.78. The van der Waals surface area contributed by atoms with Gasteiger partial charge in [-0.2, -0.15) is 0 Å². The van der Waals surface area contributed by atoms with Crippen LogP contribution >= 0.6 is 0 Å². The molecule has 82 valence electrons. The lowest BCUT2D eigenvalue weighted by Gasteiger charge is -2.35. The van der Waals surface area contributed by atoms with Crippen molar-refractivity contribution >= 4 is 0 Å². The largest absolute Gasteiger partial charge is 0.311 e. The van der Waals surface area contributed by atoms with Crippen LogP contribution < -0.4 is 5.32 Å². The predicted molar refractivity (Wildman–Crippen MR) is 60.4 cm³/mol. The Kier molecular flexibility index (Phi) is 3.06. The fourth-order valence-electron chi connectivity index (χ4n) is 2.37. The molecule has 1 aromatic rings. The van der Waals surface area contributed by atoms with E-state index in [2.05, 4.69) is 12.2 Å². The summed E-state index contributed by atoms with van der Waals surface area (Å²) in [6.07, 6.45) is 4.64. The van der Waals surface area contributed by atoms with Gasteiger partial charge in [-0.15, -0.1) is 0 Å². The minimum absolute atomic E-state index is 0.132. The lowest BCUT2D eigenvalue weighted by Crippen LogP contribution is -2.47. The molecule has 1 N–H and O–H groups in total. The van der Waals surface area contributed by atoms with Crippen molar-refractivity contribution in [3.63, 3.8) is 0 Å². The summed E-state index contributed by atoms with van der Waals surface area (Å²) in [6.45, 7) is 3.32. The predicted octanol–water partition coefficient (Wildman–Crippen LogP) is 2.90. The summed E-state index contributed by atoms with van der Waals surface area (Å²) < 4.78 is 13.0. The van der Waals surface area contributed by atoms with Crippen LogP contribution in [0.3, 0.4) is 0 Å². The molecule has 0 spiro atoms. The van der Waals surface area contributed by atoms with E-state index in [-0.39, 0.29) is 11.4 Å². The molecule has 1 fully saturated rings. The quantitative estimate of drug-likeness (QED) is 0.786. The molecule has 1 aromatic carbocycles. The van der Waals surface area contributed by atoms with E-state index in [1.54, 1.807) is 12.1 Å². The highest BCUT2D eigenvalue weighted by Gasteiger charge is 2.26. The summed E-state index contributed by atoms with van der Waals surface area (Å²) in [4.78, 5) is 0. The van der Waals surface area contributed by atoms with Crippen molar-refractivity contribution in [2.45, 2.75) is 38.1 Å². The van der Waals surface area contributed by atoms with Crippen LogP contribution in [0.4, 0.5) is 4.39 Å². The van der Waals surface area contributed by atoms with Crippen LogP contribution in [0.25, 0.3) is 0 Å². The Morgan fingerprint density at radius 2 is 2.27 bits per heavy atom. The van der Waals surface area contributed by atoms with Crippen LogP contribution in [-0.4, -0.2) is 12.1 Å². The fourth-order valence-corrected chi connectivity index (χ4v) is 2.37. The molecule has 1 saturated heterocycles. The Balaban J connectivity index is 2.06. The Labute approximate surface area is 90.7 Å². The first kappa shape index (κ1) is 10.6. The Bertz CT molecular complexity index is 329. The number of hydrogen-bond acceptors (Lipinski definition) is 1. The summed E-state index contributed by atoms with van der Waals surface area (Å²) in [7, 11) is 0. The van der Waals surface area contributed by atoms with Crippen molar-refractivity contribution in [2.75, 3.05) is 6.54 Å². The maximum atomic E-state index is 13.0. The van der Waals surface area contributed by atoms with Crippen LogP contribution in [0, 0.1) is 5.82 Å². The monoisotopic (exact) mass is 207 g/mol. The van der Waals surface area contributed by atoms with Gasteiger partial charge in [0.2, 0.25) is 0 Å². The number of rotatable bonds is 2. The minimum atomic E-state index is -0.132. The second-order valence-electron chi connectivity index (χ2n) is 4.75. The van der Waals surface area contributed by atoms with Crippen molar-refractivity contribution < 1.29 is 4.39 Å². The Morgan fingerprint density at radius 1 is 1.40 bits per heavy atom. The maximum absolute atomic E-state index is 13.0. The van der Waals surface area contributed by atoms with Crippen LogP contribution in [0.2, 0.25) is 0 Å². The molecule has 15 heavy (non-hydrogen) atoms. The highest BCUT2D eigenvalue weighted by molar-refractivity contribution is 5.19. The molecule has 0 aromatic heterocycles. The molecule has 2 heteroatoms. The van der Waals surface area contributed by atoms with Gasteiger partial charge in [-0.3, -0.25) is 0 Å². The van der Waals surface area contributed by atoms with E-state index in [0.29, 0.717) is 0 Å². The lowest BCUT2D eigenvalue weighted by molar-refractivity contribution is 0.276. The number of halogens is 1. The molecule has 0 aliphatic carbocycles. The fraction of sp³-hybridized carbons (Fsp3) is 0.538. The van der Waals surface area contributed by atoms with Gasteiger partial charge in [0.25, 0.3) is 0 Å². The molecule has 0 saturated carbocycles. The molecule has 1 unspecified atom stereocenters. The van der Waals surface area contributed by atoms with Crippen molar-refractivity contribution in [1.82, 2.24) is 5.32 Å². The number of benzene rings is 1. The van der Waals surface area contributed by atoms with Gasteiger partial charge in [0, 0.05) is 5.54 Å². The first-order chi connectivity index (χ1) is 7.18. The van der Waals surface area contributed by atoms with Gasteiger partial charge in [0.15, 0.2) is 0 Å². The topological polar surface area (TPSA) is 12.0 Å². The molecule has 0 amide bonds. The third-order valence-electron chi connectivity index (χ3n) is 3.19. The van der Waals surface area contributed by atoms with Gasteiger partial charge in [0.05, 0.1) is 0 Å². The van der Waals surface area contributed by atoms with E-state index in [9.17, 15) is 4.39 Å². The summed E-state index contributed by atoms with van der Waals surface area (Å²) in [6, 6.07) is 6.93. The van der Waals surface area contributed by atoms with Gasteiger partial charge >= 0.3 is 0 Å². The van der Waals surface area contributed by atoms with Gasteiger partial charge in [0.1, 0.15) is 5.82 Å². The standard InChI is InChI=1S/C13H18FN/c1-13(7-2-3-8-15-13)10-11-5-4-6-12(14)9-11/h4-6,9,15H,2-3,7-8,10H2,1H3. The first-order valence-electron chi connectivity index (χ1n) is 5.67. The van der Waals surface area contributed by atoms with Crippen molar-refractivity contribution in [1.29, 1.82) is 0 Å². The molecule has 1 aliphatic heterocycles. The Hall–Kier alpha value is -0.890. The molecular weight excluding hydrogens is 189 g/mol. The van der Waals surface area contributed by atoms with E-state index in [0.717, 1.165) is 18.5 Å². The molecule has 2 rings (SSSR count). The summed E-state index contributed by atoms with van der Waals surface area (Å²) in [5, 5.41) is 3.54. The van der Waals surface area contributed by atoms with Gasteiger partial charge in [-0.05, 0) is 50.4 Å². The molecule has 0 bridgehead atoms. The van der Waals surface area contributed by atoms with Crippen molar-refractivity contribution in [3.05, 3.63) is 35.6 Å². The van der Waals surface area contributed by atoms with E-state index < -0.39 is 0 Å². The smallest absolute Gasteiger partial charge is 0.123 e. The summed E-state index contributed by atoms with van der Waals surface area (Å²) >= 11 is 0. The minimum Gasteiger partial charge on any atom is -0.311 e. The molecule has 1 nitrogen and oxygen atoms in total. The van der Waals surface area contributed by atoms with Crippen LogP contribution in [-0.2, 0) is 6.42 Å². The average molecular weight is 207 g/mol. The first-order valence-corrected chi connectivity index (χ1v) is 5.67. The zero-order valence-electron chi connectivity index (χ0n) is 9.22. The lowest BCUT2D eigenvalue weighted by atomic mass is 9.85. The van der Waals surface area contributed by atoms with E-state index in [1.165, 1.54) is 25.3 Å². The molecule has 0 radical (unpaired) electrons. The SMILES string of the molecule is CC1(Cc2cccc(F)c2)CCCCN1.